The third-order valence-corrected chi connectivity index (χ3v) is 5.52. The molecule has 2 nitrogen and oxygen atoms in total. The number of rotatable bonds is 1. The second-order valence-electron chi connectivity index (χ2n) is 6.01. The molecule has 1 amide bonds. The number of halogens is 1. The largest absolute Gasteiger partial charge is 0.339 e. The summed E-state index contributed by atoms with van der Waals surface area (Å²) in [7, 11) is 0. The highest BCUT2D eigenvalue weighted by Crippen LogP contribution is 2.46. The minimum absolute atomic E-state index is 0.214. The maximum atomic E-state index is 12.5. The van der Waals surface area contributed by atoms with Gasteiger partial charge < -0.3 is 4.90 Å². The van der Waals surface area contributed by atoms with Crippen LogP contribution in [-0.4, -0.2) is 23.9 Å². The Morgan fingerprint density at radius 2 is 1.79 bits per heavy atom. The van der Waals surface area contributed by atoms with Crippen molar-refractivity contribution in [3.8, 4) is 0 Å². The van der Waals surface area contributed by atoms with Gasteiger partial charge in [-0.25, -0.2) is 0 Å². The molecule has 0 aromatic heterocycles. The Morgan fingerprint density at radius 3 is 2.42 bits per heavy atom. The summed E-state index contributed by atoms with van der Waals surface area (Å²) in [6.45, 7) is 1.90. The van der Waals surface area contributed by atoms with E-state index in [1.165, 1.54) is 38.5 Å². The Bertz CT molecular complexity index is 469. The van der Waals surface area contributed by atoms with Crippen molar-refractivity contribution in [1.82, 2.24) is 4.90 Å². The Labute approximate surface area is 128 Å². The highest BCUT2D eigenvalue weighted by molar-refractivity contribution is 14.1. The lowest BCUT2D eigenvalue weighted by atomic mass is 9.77. The normalized spacial score (nSPS) is 21.8. The Morgan fingerprint density at radius 1 is 1.11 bits per heavy atom. The molecule has 1 saturated carbocycles. The van der Waals surface area contributed by atoms with E-state index in [9.17, 15) is 4.79 Å². The SMILES string of the molecule is O=C(c1cccc(I)c1)N1CCC2(CCCC2)CC1. The number of carbonyl (C=O) groups is 1. The standard InChI is InChI=1S/C16H20INO/c17-14-5-3-4-13(12-14)15(19)18-10-8-16(9-11-18)6-1-2-7-16/h3-5,12H,1-2,6-11H2. The van der Waals surface area contributed by atoms with Crippen LogP contribution < -0.4 is 0 Å². The smallest absolute Gasteiger partial charge is 0.253 e. The molecule has 3 rings (SSSR count). The van der Waals surface area contributed by atoms with Gasteiger partial charge in [-0.1, -0.05) is 18.9 Å². The van der Waals surface area contributed by atoms with Gasteiger partial charge in [-0.15, -0.1) is 0 Å². The molecule has 3 heteroatoms. The van der Waals surface area contributed by atoms with Crippen molar-refractivity contribution < 1.29 is 4.79 Å². The van der Waals surface area contributed by atoms with E-state index in [0.717, 1.165) is 22.2 Å². The molecule has 1 aliphatic carbocycles. The summed E-state index contributed by atoms with van der Waals surface area (Å²) >= 11 is 2.26. The quantitative estimate of drug-likeness (QED) is 0.683. The number of carbonyl (C=O) groups excluding carboxylic acids is 1. The molecule has 1 spiro atoms. The lowest BCUT2D eigenvalue weighted by molar-refractivity contribution is 0.0587. The van der Waals surface area contributed by atoms with Gasteiger partial charge in [0.25, 0.3) is 5.91 Å². The topological polar surface area (TPSA) is 20.3 Å². The van der Waals surface area contributed by atoms with Crippen LogP contribution in [0.5, 0.6) is 0 Å². The van der Waals surface area contributed by atoms with E-state index in [1.54, 1.807) is 0 Å². The molecular weight excluding hydrogens is 349 g/mol. The van der Waals surface area contributed by atoms with Crippen LogP contribution in [0.25, 0.3) is 0 Å². The highest BCUT2D eigenvalue weighted by Gasteiger charge is 2.37. The van der Waals surface area contributed by atoms with Crippen LogP contribution in [0.1, 0.15) is 48.9 Å². The summed E-state index contributed by atoms with van der Waals surface area (Å²) in [4.78, 5) is 14.5. The molecule has 0 atom stereocenters. The molecule has 19 heavy (non-hydrogen) atoms. The van der Waals surface area contributed by atoms with Crippen LogP contribution in [0.4, 0.5) is 0 Å². The number of nitrogens with zero attached hydrogens (tertiary/aromatic N) is 1. The third-order valence-electron chi connectivity index (χ3n) is 4.85. The maximum absolute atomic E-state index is 12.5. The summed E-state index contributed by atoms with van der Waals surface area (Å²) in [6, 6.07) is 7.92. The van der Waals surface area contributed by atoms with Gasteiger partial charge in [-0.2, -0.15) is 0 Å². The predicted molar refractivity (Wildman–Crippen MR) is 85.2 cm³/mol. The van der Waals surface area contributed by atoms with Crippen molar-refractivity contribution in [2.45, 2.75) is 38.5 Å². The maximum Gasteiger partial charge on any atom is 0.253 e. The Balaban J connectivity index is 1.66. The van der Waals surface area contributed by atoms with Crippen molar-refractivity contribution in [2.24, 2.45) is 5.41 Å². The molecule has 1 aromatic rings. The molecule has 102 valence electrons. The Hall–Kier alpha value is -0.580. The zero-order valence-corrected chi connectivity index (χ0v) is 13.4. The second-order valence-corrected chi connectivity index (χ2v) is 7.26. The van der Waals surface area contributed by atoms with E-state index in [0.29, 0.717) is 5.41 Å². The minimum Gasteiger partial charge on any atom is -0.339 e. The van der Waals surface area contributed by atoms with Gasteiger partial charge in [0.2, 0.25) is 0 Å². The van der Waals surface area contributed by atoms with Crippen molar-refractivity contribution >= 4 is 28.5 Å². The summed E-state index contributed by atoms with van der Waals surface area (Å²) in [6.07, 6.45) is 7.98. The zero-order valence-electron chi connectivity index (χ0n) is 11.2. The summed E-state index contributed by atoms with van der Waals surface area (Å²) in [5, 5.41) is 0. The fourth-order valence-corrected chi connectivity index (χ4v) is 4.16. The van der Waals surface area contributed by atoms with Gasteiger partial charge >= 0.3 is 0 Å². The number of piperidine rings is 1. The van der Waals surface area contributed by atoms with E-state index < -0.39 is 0 Å². The zero-order chi connectivity index (χ0) is 13.3. The van der Waals surface area contributed by atoms with Crippen molar-refractivity contribution in [2.75, 3.05) is 13.1 Å². The molecule has 1 saturated heterocycles. The number of amides is 1. The molecule has 2 aliphatic rings. The molecule has 1 aliphatic heterocycles. The van der Waals surface area contributed by atoms with Crippen LogP contribution in [0.3, 0.4) is 0 Å². The molecule has 0 unspecified atom stereocenters. The molecule has 0 bridgehead atoms. The van der Waals surface area contributed by atoms with Crippen LogP contribution in [0, 0.1) is 8.99 Å². The molecule has 2 fully saturated rings. The van der Waals surface area contributed by atoms with E-state index >= 15 is 0 Å². The second kappa shape index (κ2) is 5.43. The van der Waals surface area contributed by atoms with Crippen LogP contribution in [0.2, 0.25) is 0 Å². The van der Waals surface area contributed by atoms with E-state index in [-0.39, 0.29) is 5.91 Å². The predicted octanol–water partition coefficient (Wildman–Crippen LogP) is 4.09. The van der Waals surface area contributed by atoms with E-state index in [4.69, 9.17) is 0 Å². The van der Waals surface area contributed by atoms with E-state index in [2.05, 4.69) is 27.5 Å². The van der Waals surface area contributed by atoms with Gasteiger partial charge in [-0.05, 0) is 71.9 Å². The van der Waals surface area contributed by atoms with Crippen molar-refractivity contribution in [3.63, 3.8) is 0 Å². The number of hydrogen-bond donors (Lipinski definition) is 0. The monoisotopic (exact) mass is 369 g/mol. The van der Waals surface area contributed by atoms with Crippen LogP contribution in [-0.2, 0) is 0 Å². The van der Waals surface area contributed by atoms with Crippen LogP contribution in [0.15, 0.2) is 24.3 Å². The molecule has 0 N–H and O–H groups in total. The van der Waals surface area contributed by atoms with Gasteiger partial charge in [-0.3, -0.25) is 4.79 Å². The first-order valence-corrected chi connectivity index (χ1v) is 8.31. The number of hydrogen-bond acceptors (Lipinski definition) is 1. The van der Waals surface area contributed by atoms with Gasteiger partial charge in [0.05, 0.1) is 0 Å². The van der Waals surface area contributed by atoms with E-state index in [1.807, 2.05) is 24.3 Å². The Kier molecular flexibility index (Phi) is 3.83. The average Bonchev–Trinajstić information content (AvgIpc) is 2.87. The lowest BCUT2D eigenvalue weighted by Crippen LogP contribution is -2.42. The first kappa shape index (κ1) is 13.4. The summed E-state index contributed by atoms with van der Waals surface area (Å²) < 4.78 is 1.13. The average molecular weight is 369 g/mol. The van der Waals surface area contributed by atoms with Gasteiger partial charge in [0, 0.05) is 22.2 Å². The van der Waals surface area contributed by atoms with Gasteiger partial charge in [0.1, 0.15) is 0 Å². The number of likely N-dealkylation sites (tertiary alicyclic amines) is 1. The molecule has 0 radical (unpaired) electrons. The highest BCUT2D eigenvalue weighted by atomic mass is 127. The first-order valence-electron chi connectivity index (χ1n) is 7.23. The molecule has 1 heterocycles. The minimum atomic E-state index is 0.214. The van der Waals surface area contributed by atoms with Gasteiger partial charge in [0.15, 0.2) is 0 Å². The lowest BCUT2D eigenvalue weighted by Gasteiger charge is -2.39. The van der Waals surface area contributed by atoms with Crippen LogP contribution >= 0.6 is 22.6 Å². The molecule has 1 aromatic carbocycles. The first-order chi connectivity index (χ1) is 9.19. The van der Waals surface area contributed by atoms with Crippen molar-refractivity contribution in [3.05, 3.63) is 33.4 Å². The summed E-state index contributed by atoms with van der Waals surface area (Å²) in [5.41, 5.74) is 1.43. The van der Waals surface area contributed by atoms with Crippen molar-refractivity contribution in [1.29, 1.82) is 0 Å². The fraction of sp³-hybridized carbons (Fsp3) is 0.562. The number of benzene rings is 1. The fourth-order valence-electron chi connectivity index (χ4n) is 3.61. The third kappa shape index (κ3) is 2.81. The summed E-state index contributed by atoms with van der Waals surface area (Å²) in [5.74, 6) is 0.214. The molecular formula is C16H20INO.